The first-order valence-corrected chi connectivity index (χ1v) is 9.14. The molecule has 1 aromatic rings. The number of hydrogen-bond donors (Lipinski definition) is 1. The van der Waals surface area contributed by atoms with Crippen molar-refractivity contribution in [2.45, 2.75) is 45.2 Å². The second kappa shape index (κ2) is 7.40. The quantitative estimate of drug-likeness (QED) is 0.730. The Kier molecular flexibility index (Phi) is 6.49. The van der Waals surface area contributed by atoms with Crippen LogP contribution in [0.5, 0.6) is 0 Å². The number of imidazole rings is 1. The molecule has 0 aliphatic carbocycles. The zero-order valence-corrected chi connectivity index (χ0v) is 14.1. The number of halogens is 1. The monoisotopic (exact) mass is 351 g/mol. The number of aromatic nitrogens is 2. The van der Waals surface area contributed by atoms with Gasteiger partial charge in [-0.3, -0.25) is 0 Å². The lowest BCUT2D eigenvalue weighted by atomic mass is 10.0. The maximum Gasteiger partial charge on any atom is 0.259 e. The van der Waals surface area contributed by atoms with Gasteiger partial charge in [-0.05, 0) is 26.2 Å². The molecule has 0 aliphatic rings. The smallest absolute Gasteiger partial charge is 0.259 e. The molecule has 0 radical (unpaired) electrons. The summed E-state index contributed by atoms with van der Waals surface area (Å²) in [4.78, 5) is 4.11. The van der Waals surface area contributed by atoms with Crippen LogP contribution in [0.25, 0.3) is 0 Å². The molecule has 0 saturated heterocycles. The third-order valence-electron chi connectivity index (χ3n) is 3.23. The van der Waals surface area contributed by atoms with E-state index >= 15 is 0 Å². The molecule has 1 rings (SSSR count). The van der Waals surface area contributed by atoms with Gasteiger partial charge in [0.15, 0.2) is 5.03 Å². The van der Waals surface area contributed by atoms with Gasteiger partial charge in [-0.25, -0.2) is 18.1 Å². The lowest BCUT2D eigenvalue weighted by Gasteiger charge is -2.13. The minimum Gasteiger partial charge on any atom is -0.334 e. The van der Waals surface area contributed by atoms with Gasteiger partial charge in [-0.2, -0.15) is 0 Å². The Morgan fingerprint density at radius 1 is 1.47 bits per heavy atom. The predicted octanol–water partition coefficient (Wildman–Crippen LogP) is 2.30. The molecule has 0 saturated carbocycles. The van der Waals surface area contributed by atoms with Crippen LogP contribution >= 0.6 is 15.9 Å². The average molecular weight is 352 g/mol. The summed E-state index contributed by atoms with van der Waals surface area (Å²) in [5.41, 5.74) is 0. The standard InChI is InChI=1S/C12H22BrN3O2S/c1-4-11(6-7-13)8-14-19(17,18)12-9-16(5-2)10(3)15-12/h9,11,14H,4-8H2,1-3H3. The van der Waals surface area contributed by atoms with Crippen LogP contribution in [0.1, 0.15) is 32.5 Å². The summed E-state index contributed by atoms with van der Waals surface area (Å²) >= 11 is 3.39. The second-order valence-electron chi connectivity index (χ2n) is 4.52. The molecule has 1 heterocycles. The molecule has 19 heavy (non-hydrogen) atoms. The fourth-order valence-electron chi connectivity index (χ4n) is 1.84. The van der Waals surface area contributed by atoms with Crippen LogP contribution < -0.4 is 4.72 Å². The van der Waals surface area contributed by atoms with Gasteiger partial charge >= 0.3 is 0 Å². The highest BCUT2D eigenvalue weighted by Crippen LogP contribution is 2.12. The van der Waals surface area contributed by atoms with Crippen LogP contribution in [0, 0.1) is 12.8 Å². The first-order valence-electron chi connectivity index (χ1n) is 6.54. The highest BCUT2D eigenvalue weighted by atomic mass is 79.9. The van der Waals surface area contributed by atoms with Gasteiger partial charge in [0.25, 0.3) is 10.0 Å². The molecule has 0 amide bonds. The number of sulfonamides is 1. The Morgan fingerprint density at radius 2 is 2.16 bits per heavy atom. The van der Waals surface area contributed by atoms with Crippen LogP contribution in [0.3, 0.4) is 0 Å². The van der Waals surface area contributed by atoms with E-state index in [0.717, 1.165) is 30.5 Å². The molecule has 1 unspecified atom stereocenters. The SMILES string of the molecule is CCC(CCBr)CNS(=O)(=O)c1cn(CC)c(C)n1. The third-order valence-corrected chi connectivity index (χ3v) is 4.98. The second-order valence-corrected chi connectivity index (χ2v) is 7.02. The minimum absolute atomic E-state index is 0.112. The fraction of sp³-hybridized carbons (Fsp3) is 0.750. The summed E-state index contributed by atoms with van der Waals surface area (Å²) in [6.07, 6.45) is 3.50. The van der Waals surface area contributed by atoms with Crippen LogP contribution in [-0.4, -0.2) is 29.8 Å². The molecular weight excluding hydrogens is 330 g/mol. The Bertz CT molecular complexity index is 499. The largest absolute Gasteiger partial charge is 0.334 e. The van der Waals surface area contributed by atoms with Crippen molar-refractivity contribution in [3.63, 3.8) is 0 Å². The normalized spacial score (nSPS) is 13.7. The zero-order valence-electron chi connectivity index (χ0n) is 11.7. The van der Waals surface area contributed by atoms with Gasteiger partial charge in [0.1, 0.15) is 5.82 Å². The van der Waals surface area contributed by atoms with Crippen LogP contribution in [0.2, 0.25) is 0 Å². The molecule has 110 valence electrons. The Morgan fingerprint density at radius 3 is 2.63 bits per heavy atom. The summed E-state index contributed by atoms with van der Waals surface area (Å²) in [5, 5.41) is 0.997. The number of nitrogens with zero attached hydrogens (tertiary/aromatic N) is 2. The van der Waals surface area contributed by atoms with Gasteiger partial charge in [-0.1, -0.05) is 29.3 Å². The van der Waals surface area contributed by atoms with Gasteiger partial charge in [0.2, 0.25) is 0 Å². The van der Waals surface area contributed by atoms with E-state index < -0.39 is 10.0 Å². The lowest BCUT2D eigenvalue weighted by molar-refractivity contribution is 0.482. The van der Waals surface area contributed by atoms with E-state index in [1.807, 2.05) is 18.4 Å². The van der Waals surface area contributed by atoms with Gasteiger partial charge in [0.05, 0.1) is 0 Å². The summed E-state index contributed by atoms with van der Waals surface area (Å²) in [6, 6.07) is 0. The average Bonchev–Trinajstić information content (AvgIpc) is 2.76. The van der Waals surface area contributed by atoms with Crippen molar-refractivity contribution in [3.05, 3.63) is 12.0 Å². The van der Waals surface area contributed by atoms with E-state index in [9.17, 15) is 8.42 Å². The molecular formula is C12H22BrN3O2S. The fourth-order valence-corrected chi connectivity index (χ4v) is 3.60. The molecule has 0 fully saturated rings. The zero-order chi connectivity index (χ0) is 14.5. The van der Waals surface area contributed by atoms with Crippen molar-refractivity contribution < 1.29 is 8.42 Å². The van der Waals surface area contributed by atoms with Crippen LogP contribution in [0.15, 0.2) is 11.2 Å². The summed E-state index contributed by atoms with van der Waals surface area (Å²) < 4.78 is 28.8. The Balaban J connectivity index is 2.75. The predicted molar refractivity (Wildman–Crippen MR) is 80.0 cm³/mol. The number of alkyl halides is 1. The first-order chi connectivity index (χ1) is 8.94. The number of aryl methyl sites for hydroxylation is 2. The Hall–Kier alpha value is -0.400. The summed E-state index contributed by atoms with van der Waals surface area (Å²) in [5.74, 6) is 1.07. The summed E-state index contributed by atoms with van der Waals surface area (Å²) in [6.45, 7) is 7.01. The van der Waals surface area contributed by atoms with Gasteiger partial charge in [0, 0.05) is 24.6 Å². The molecule has 0 spiro atoms. The van der Waals surface area contributed by atoms with E-state index in [-0.39, 0.29) is 5.03 Å². The van der Waals surface area contributed by atoms with Crippen LogP contribution in [0.4, 0.5) is 0 Å². The molecule has 0 aliphatic heterocycles. The van der Waals surface area contributed by atoms with E-state index in [1.165, 1.54) is 0 Å². The first kappa shape index (κ1) is 16.7. The van der Waals surface area contributed by atoms with E-state index in [4.69, 9.17) is 0 Å². The van der Waals surface area contributed by atoms with Crippen molar-refractivity contribution >= 4 is 26.0 Å². The molecule has 7 heteroatoms. The van der Waals surface area contributed by atoms with Gasteiger partial charge < -0.3 is 4.57 Å². The molecule has 5 nitrogen and oxygen atoms in total. The van der Waals surface area contributed by atoms with Crippen molar-refractivity contribution in [1.82, 2.24) is 14.3 Å². The maximum atomic E-state index is 12.1. The van der Waals surface area contributed by atoms with Crippen LogP contribution in [-0.2, 0) is 16.6 Å². The molecule has 0 aromatic carbocycles. The van der Waals surface area contributed by atoms with E-state index in [2.05, 4.69) is 32.6 Å². The number of nitrogens with one attached hydrogen (secondary N) is 1. The van der Waals surface area contributed by atoms with Crippen molar-refractivity contribution in [2.75, 3.05) is 11.9 Å². The summed E-state index contributed by atoms with van der Waals surface area (Å²) in [7, 11) is -3.49. The highest BCUT2D eigenvalue weighted by molar-refractivity contribution is 9.09. The minimum atomic E-state index is -3.49. The molecule has 1 atom stereocenters. The third kappa shape index (κ3) is 4.57. The maximum absolute atomic E-state index is 12.1. The van der Waals surface area contributed by atoms with E-state index in [1.54, 1.807) is 6.20 Å². The van der Waals surface area contributed by atoms with Crippen molar-refractivity contribution in [1.29, 1.82) is 0 Å². The van der Waals surface area contributed by atoms with Crippen molar-refractivity contribution in [3.8, 4) is 0 Å². The number of hydrogen-bond acceptors (Lipinski definition) is 3. The van der Waals surface area contributed by atoms with E-state index in [0.29, 0.717) is 12.5 Å². The topological polar surface area (TPSA) is 64.0 Å². The highest BCUT2D eigenvalue weighted by Gasteiger charge is 2.20. The Labute approximate surface area is 124 Å². The number of rotatable bonds is 8. The molecule has 1 aromatic heterocycles. The molecule has 1 N–H and O–H groups in total. The lowest BCUT2D eigenvalue weighted by Crippen LogP contribution is -2.29. The van der Waals surface area contributed by atoms with Crippen molar-refractivity contribution in [2.24, 2.45) is 5.92 Å². The van der Waals surface area contributed by atoms with Gasteiger partial charge in [-0.15, -0.1) is 0 Å². The molecule has 0 bridgehead atoms.